The van der Waals surface area contributed by atoms with Crippen molar-refractivity contribution < 1.29 is 4.79 Å². The van der Waals surface area contributed by atoms with Gasteiger partial charge in [0.05, 0.1) is 18.7 Å². The van der Waals surface area contributed by atoms with Gasteiger partial charge in [-0.25, -0.2) is 4.98 Å². The second kappa shape index (κ2) is 5.09. The molecule has 0 saturated carbocycles. The molecule has 0 fully saturated rings. The van der Waals surface area contributed by atoms with Gasteiger partial charge >= 0.3 is 0 Å². The van der Waals surface area contributed by atoms with Crippen LogP contribution in [0.15, 0.2) is 22.9 Å². The van der Waals surface area contributed by atoms with Crippen molar-refractivity contribution in [1.82, 2.24) is 10.3 Å². The van der Waals surface area contributed by atoms with Gasteiger partial charge in [-0.2, -0.15) is 0 Å². The Labute approximate surface area is 101 Å². The van der Waals surface area contributed by atoms with E-state index in [0.29, 0.717) is 18.1 Å². The zero-order valence-electron chi connectivity index (χ0n) is 8.47. The first-order chi connectivity index (χ1) is 7.74. The Balaban J connectivity index is 1.80. The molecule has 2 aromatic rings. The number of hydrogen-bond acceptors (Lipinski definition) is 5. The van der Waals surface area contributed by atoms with Crippen LogP contribution in [0, 0.1) is 0 Å². The lowest BCUT2D eigenvalue weighted by molar-refractivity contribution is -0.120. The summed E-state index contributed by atoms with van der Waals surface area (Å²) in [5.74, 6) is 0.00835. The molecule has 84 valence electrons. The minimum atomic E-state index is 0.00835. The van der Waals surface area contributed by atoms with Gasteiger partial charge in [-0.05, 0) is 11.4 Å². The normalized spacial score (nSPS) is 10.2. The van der Waals surface area contributed by atoms with Gasteiger partial charge in [-0.1, -0.05) is 6.07 Å². The molecule has 6 heteroatoms. The van der Waals surface area contributed by atoms with Gasteiger partial charge in [-0.3, -0.25) is 4.79 Å². The van der Waals surface area contributed by atoms with Crippen molar-refractivity contribution in [2.75, 3.05) is 5.73 Å². The number of hydrogen-bond donors (Lipinski definition) is 2. The quantitative estimate of drug-likeness (QED) is 0.870. The van der Waals surface area contributed by atoms with Gasteiger partial charge in [0.15, 0.2) is 5.13 Å². The second-order valence-electron chi connectivity index (χ2n) is 3.21. The average molecular weight is 253 g/mol. The Morgan fingerprint density at radius 3 is 3.00 bits per heavy atom. The molecule has 16 heavy (non-hydrogen) atoms. The number of nitrogens with zero attached hydrogens (tertiary/aromatic N) is 1. The third-order valence-corrected chi connectivity index (χ3v) is 3.55. The van der Waals surface area contributed by atoms with Crippen LogP contribution in [-0.4, -0.2) is 10.9 Å². The number of carbonyl (C=O) groups excluding carboxylic acids is 1. The highest BCUT2D eigenvalue weighted by atomic mass is 32.1. The molecule has 2 rings (SSSR count). The maximum atomic E-state index is 11.5. The topological polar surface area (TPSA) is 68.0 Å². The van der Waals surface area contributed by atoms with Crippen LogP contribution in [0.5, 0.6) is 0 Å². The Morgan fingerprint density at radius 1 is 1.50 bits per heavy atom. The minimum absolute atomic E-state index is 0.00835. The molecule has 0 aliphatic rings. The van der Waals surface area contributed by atoms with Gasteiger partial charge in [0.25, 0.3) is 0 Å². The standard InChI is InChI=1S/C10H11N3OS2/c11-10-13-7(6-16-10)5-12-9(14)4-8-2-1-3-15-8/h1-3,6H,4-5H2,(H2,11,13)(H,12,14). The fourth-order valence-corrected chi connectivity index (χ4v) is 2.49. The number of carbonyl (C=O) groups is 1. The van der Waals surface area contributed by atoms with Gasteiger partial charge in [0.1, 0.15) is 0 Å². The van der Waals surface area contributed by atoms with E-state index in [0.717, 1.165) is 10.6 Å². The molecule has 3 N–H and O–H groups in total. The number of rotatable bonds is 4. The number of nitrogens with one attached hydrogen (secondary N) is 1. The SMILES string of the molecule is Nc1nc(CNC(=O)Cc2cccs2)cs1. The minimum Gasteiger partial charge on any atom is -0.375 e. The molecule has 4 nitrogen and oxygen atoms in total. The number of anilines is 1. The summed E-state index contributed by atoms with van der Waals surface area (Å²) >= 11 is 2.96. The van der Waals surface area contributed by atoms with Crippen molar-refractivity contribution in [2.24, 2.45) is 0 Å². The van der Waals surface area contributed by atoms with Crippen LogP contribution in [0.25, 0.3) is 0 Å². The maximum Gasteiger partial charge on any atom is 0.225 e. The Hall–Kier alpha value is -1.40. The van der Waals surface area contributed by atoms with Crippen molar-refractivity contribution in [2.45, 2.75) is 13.0 Å². The molecule has 0 aliphatic carbocycles. The Kier molecular flexibility index (Phi) is 3.53. The van der Waals surface area contributed by atoms with Crippen LogP contribution in [0.2, 0.25) is 0 Å². The van der Waals surface area contributed by atoms with Gasteiger partial charge in [0.2, 0.25) is 5.91 Å². The van der Waals surface area contributed by atoms with Gasteiger partial charge in [0, 0.05) is 10.3 Å². The number of nitrogen functional groups attached to an aromatic ring is 1. The van der Waals surface area contributed by atoms with E-state index in [-0.39, 0.29) is 5.91 Å². The monoisotopic (exact) mass is 253 g/mol. The molecule has 0 bridgehead atoms. The summed E-state index contributed by atoms with van der Waals surface area (Å²) in [7, 11) is 0. The molecule has 0 saturated heterocycles. The zero-order valence-corrected chi connectivity index (χ0v) is 10.1. The van der Waals surface area contributed by atoms with Crippen LogP contribution < -0.4 is 11.1 Å². The molecule has 2 heterocycles. The van der Waals surface area contributed by atoms with E-state index in [9.17, 15) is 4.79 Å². The smallest absolute Gasteiger partial charge is 0.225 e. The van der Waals surface area contributed by atoms with Gasteiger partial charge in [-0.15, -0.1) is 22.7 Å². The first-order valence-corrected chi connectivity index (χ1v) is 6.49. The van der Waals surface area contributed by atoms with E-state index < -0.39 is 0 Å². The summed E-state index contributed by atoms with van der Waals surface area (Å²) in [6.07, 6.45) is 0.428. The Morgan fingerprint density at radius 2 is 2.38 bits per heavy atom. The first-order valence-electron chi connectivity index (χ1n) is 4.73. The van der Waals surface area contributed by atoms with Crippen LogP contribution in [-0.2, 0) is 17.8 Å². The van der Waals surface area contributed by atoms with Crippen molar-refractivity contribution in [3.8, 4) is 0 Å². The zero-order chi connectivity index (χ0) is 11.4. The van der Waals surface area contributed by atoms with Crippen LogP contribution in [0.1, 0.15) is 10.6 Å². The number of thiophene rings is 1. The van der Waals surface area contributed by atoms with Crippen LogP contribution in [0.4, 0.5) is 5.13 Å². The van der Waals surface area contributed by atoms with E-state index in [1.165, 1.54) is 11.3 Å². The molecule has 0 radical (unpaired) electrons. The van der Waals surface area contributed by atoms with E-state index in [1.54, 1.807) is 11.3 Å². The summed E-state index contributed by atoms with van der Waals surface area (Å²) in [5, 5.41) is 7.15. The molecule has 0 unspecified atom stereocenters. The van der Waals surface area contributed by atoms with Crippen molar-refractivity contribution >= 4 is 33.7 Å². The molecule has 2 aromatic heterocycles. The van der Waals surface area contributed by atoms with Gasteiger partial charge < -0.3 is 11.1 Å². The number of aromatic nitrogens is 1. The van der Waals surface area contributed by atoms with Crippen molar-refractivity contribution in [1.29, 1.82) is 0 Å². The summed E-state index contributed by atoms with van der Waals surface area (Å²) in [4.78, 5) is 16.7. The van der Waals surface area contributed by atoms with E-state index in [2.05, 4.69) is 10.3 Å². The van der Waals surface area contributed by atoms with E-state index in [1.807, 2.05) is 22.9 Å². The second-order valence-corrected chi connectivity index (χ2v) is 5.13. The van der Waals surface area contributed by atoms with Crippen molar-refractivity contribution in [3.63, 3.8) is 0 Å². The van der Waals surface area contributed by atoms with Crippen molar-refractivity contribution in [3.05, 3.63) is 33.5 Å². The lowest BCUT2D eigenvalue weighted by Gasteiger charge is -2.01. The predicted molar refractivity (Wildman–Crippen MR) is 66.4 cm³/mol. The highest BCUT2D eigenvalue weighted by Gasteiger charge is 2.05. The summed E-state index contributed by atoms with van der Waals surface area (Å²) in [5.41, 5.74) is 6.30. The van der Waals surface area contributed by atoms with E-state index >= 15 is 0 Å². The molecular weight excluding hydrogens is 242 g/mol. The lowest BCUT2D eigenvalue weighted by Crippen LogP contribution is -2.24. The lowest BCUT2D eigenvalue weighted by atomic mass is 10.3. The highest BCUT2D eigenvalue weighted by Crippen LogP contribution is 2.11. The number of thiazole rings is 1. The van der Waals surface area contributed by atoms with E-state index in [4.69, 9.17) is 5.73 Å². The number of nitrogens with two attached hydrogens (primary N) is 1. The molecule has 1 amide bonds. The highest BCUT2D eigenvalue weighted by molar-refractivity contribution is 7.13. The third kappa shape index (κ3) is 3.04. The fourth-order valence-electron chi connectivity index (χ4n) is 1.23. The van der Waals surface area contributed by atoms with Crippen LogP contribution in [0.3, 0.4) is 0 Å². The first kappa shape index (κ1) is 11.1. The Bertz CT molecular complexity index is 464. The molecule has 0 atom stereocenters. The largest absolute Gasteiger partial charge is 0.375 e. The third-order valence-electron chi connectivity index (χ3n) is 1.95. The average Bonchev–Trinajstić information content (AvgIpc) is 2.87. The molecule has 0 aliphatic heterocycles. The fraction of sp³-hybridized carbons (Fsp3) is 0.200. The summed E-state index contributed by atoms with van der Waals surface area (Å²) in [6, 6.07) is 3.89. The molecule has 0 spiro atoms. The maximum absolute atomic E-state index is 11.5. The molecule has 0 aromatic carbocycles. The predicted octanol–water partition coefficient (Wildman–Crippen LogP) is 1.65. The summed E-state index contributed by atoms with van der Waals surface area (Å²) < 4.78 is 0. The van der Waals surface area contributed by atoms with Crippen LogP contribution >= 0.6 is 22.7 Å². The molecular formula is C10H11N3OS2. The summed E-state index contributed by atoms with van der Waals surface area (Å²) in [6.45, 7) is 0.442. The number of amides is 1.